The number of carbonyl (C=O) groups is 1. The molecule has 1 aliphatic heterocycles. The molecule has 1 aliphatic rings. The van der Waals surface area contributed by atoms with Gasteiger partial charge in [0.15, 0.2) is 5.69 Å². The summed E-state index contributed by atoms with van der Waals surface area (Å²) < 4.78 is 0. The normalized spacial score (nSPS) is 18.7. The number of hydrogen-bond acceptors (Lipinski definition) is 4. The monoisotopic (exact) mass is 311 g/mol. The lowest BCUT2D eigenvalue weighted by molar-refractivity contribution is 0.0690. The first-order valence-electron chi connectivity index (χ1n) is 7.95. The molecule has 5 nitrogen and oxygen atoms in total. The number of aromatic nitrogens is 2. The molecule has 0 radical (unpaired) electrons. The van der Waals surface area contributed by atoms with Gasteiger partial charge in [0.05, 0.1) is 18.1 Å². The molecule has 0 saturated carbocycles. The summed E-state index contributed by atoms with van der Waals surface area (Å²) in [6, 6.07) is 8.59. The van der Waals surface area contributed by atoms with E-state index in [2.05, 4.69) is 46.1 Å². The van der Waals surface area contributed by atoms with Gasteiger partial charge in [0, 0.05) is 13.1 Å². The van der Waals surface area contributed by atoms with Crippen LogP contribution in [0.15, 0.2) is 36.7 Å². The molecule has 23 heavy (non-hydrogen) atoms. The van der Waals surface area contributed by atoms with Crippen LogP contribution in [-0.2, 0) is 6.54 Å². The minimum Gasteiger partial charge on any atom is -0.476 e. The SMILES string of the molecule is Cc1ccccc1C1CCCN(Cc2cnc(C(=O)O)cn2)C1. The predicted octanol–water partition coefficient (Wildman–Crippen LogP) is 2.86. The zero-order valence-electron chi connectivity index (χ0n) is 13.3. The van der Waals surface area contributed by atoms with Gasteiger partial charge in [0.1, 0.15) is 0 Å². The highest BCUT2D eigenvalue weighted by molar-refractivity contribution is 5.84. The highest BCUT2D eigenvalue weighted by Gasteiger charge is 2.22. The van der Waals surface area contributed by atoms with E-state index >= 15 is 0 Å². The average Bonchev–Trinajstić information content (AvgIpc) is 2.56. The maximum atomic E-state index is 10.8. The summed E-state index contributed by atoms with van der Waals surface area (Å²) in [7, 11) is 0. The fourth-order valence-corrected chi connectivity index (χ4v) is 3.27. The Morgan fingerprint density at radius 3 is 2.83 bits per heavy atom. The molecule has 1 aromatic carbocycles. The first-order valence-corrected chi connectivity index (χ1v) is 7.95. The van der Waals surface area contributed by atoms with Crippen LogP contribution in [0.3, 0.4) is 0 Å². The van der Waals surface area contributed by atoms with Crippen molar-refractivity contribution in [2.75, 3.05) is 13.1 Å². The summed E-state index contributed by atoms with van der Waals surface area (Å²) in [6.45, 7) is 4.94. The van der Waals surface area contributed by atoms with E-state index in [0.717, 1.165) is 25.3 Å². The molecule has 0 spiro atoms. The molecule has 2 heterocycles. The zero-order valence-corrected chi connectivity index (χ0v) is 13.3. The fourth-order valence-electron chi connectivity index (χ4n) is 3.27. The highest BCUT2D eigenvalue weighted by atomic mass is 16.4. The summed E-state index contributed by atoms with van der Waals surface area (Å²) in [5.74, 6) is -0.488. The number of carboxylic acids is 1. The van der Waals surface area contributed by atoms with E-state index in [4.69, 9.17) is 5.11 Å². The van der Waals surface area contributed by atoms with Crippen molar-refractivity contribution >= 4 is 5.97 Å². The maximum absolute atomic E-state index is 10.8. The molecule has 2 aromatic rings. The van der Waals surface area contributed by atoms with Crippen LogP contribution in [0, 0.1) is 6.92 Å². The van der Waals surface area contributed by atoms with E-state index in [-0.39, 0.29) is 5.69 Å². The molecule has 1 fully saturated rings. The molecule has 0 amide bonds. The Labute approximate surface area is 136 Å². The lowest BCUT2D eigenvalue weighted by atomic mass is 9.88. The van der Waals surface area contributed by atoms with Gasteiger partial charge in [-0.05, 0) is 43.4 Å². The quantitative estimate of drug-likeness (QED) is 0.940. The first kappa shape index (κ1) is 15.6. The second-order valence-electron chi connectivity index (χ2n) is 6.13. The predicted molar refractivity (Wildman–Crippen MR) is 87.4 cm³/mol. The number of aryl methyl sites for hydroxylation is 1. The van der Waals surface area contributed by atoms with Crippen LogP contribution >= 0.6 is 0 Å². The minimum absolute atomic E-state index is 0.00909. The summed E-state index contributed by atoms with van der Waals surface area (Å²) in [5, 5.41) is 8.87. The Bertz CT molecular complexity index is 685. The number of hydrogen-bond donors (Lipinski definition) is 1. The largest absolute Gasteiger partial charge is 0.476 e. The lowest BCUT2D eigenvalue weighted by Crippen LogP contribution is -2.34. The van der Waals surface area contributed by atoms with Crippen LogP contribution in [0.4, 0.5) is 0 Å². The van der Waals surface area contributed by atoms with E-state index in [1.807, 2.05) is 0 Å². The number of likely N-dealkylation sites (tertiary alicyclic amines) is 1. The summed E-state index contributed by atoms with van der Waals surface area (Å²) in [6.07, 6.45) is 5.28. The standard InChI is InChI=1S/C18H21N3O2/c1-13-5-2-3-7-16(13)14-6-4-8-21(11-14)12-15-9-20-17(10-19-15)18(22)23/h2-3,5,7,9-10,14H,4,6,8,11-12H2,1H3,(H,22,23). The van der Waals surface area contributed by atoms with Gasteiger partial charge in [-0.25, -0.2) is 9.78 Å². The molecule has 1 unspecified atom stereocenters. The molecule has 1 N–H and O–H groups in total. The topological polar surface area (TPSA) is 66.3 Å². The second-order valence-corrected chi connectivity index (χ2v) is 6.13. The number of carboxylic acid groups (broad SMARTS) is 1. The molecule has 3 rings (SSSR count). The molecule has 1 saturated heterocycles. The number of benzene rings is 1. The van der Waals surface area contributed by atoms with Crippen molar-refractivity contribution < 1.29 is 9.90 Å². The third kappa shape index (κ3) is 3.74. The third-order valence-electron chi connectivity index (χ3n) is 4.44. The van der Waals surface area contributed by atoms with Gasteiger partial charge in [0.25, 0.3) is 0 Å². The molecular weight excluding hydrogens is 290 g/mol. The number of rotatable bonds is 4. The van der Waals surface area contributed by atoms with Crippen molar-refractivity contribution in [1.29, 1.82) is 0 Å². The molecular formula is C18H21N3O2. The Balaban J connectivity index is 1.67. The first-order chi connectivity index (χ1) is 11.1. The molecule has 0 bridgehead atoms. The van der Waals surface area contributed by atoms with Gasteiger partial charge in [-0.15, -0.1) is 0 Å². The van der Waals surface area contributed by atoms with Crippen molar-refractivity contribution in [2.45, 2.75) is 32.2 Å². The van der Waals surface area contributed by atoms with Crippen molar-refractivity contribution in [2.24, 2.45) is 0 Å². The average molecular weight is 311 g/mol. The van der Waals surface area contributed by atoms with Crippen molar-refractivity contribution in [3.05, 3.63) is 59.2 Å². The van der Waals surface area contributed by atoms with E-state index in [1.165, 1.54) is 30.2 Å². The van der Waals surface area contributed by atoms with Crippen LogP contribution in [-0.4, -0.2) is 39.0 Å². The molecule has 1 aromatic heterocycles. The van der Waals surface area contributed by atoms with Gasteiger partial charge in [-0.1, -0.05) is 24.3 Å². The van der Waals surface area contributed by atoms with Gasteiger partial charge >= 0.3 is 5.97 Å². The zero-order chi connectivity index (χ0) is 16.2. The summed E-state index contributed by atoms with van der Waals surface area (Å²) >= 11 is 0. The molecule has 5 heteroatoms. The van der Waals surface area contributed by atoms with Crippen LogP contribution in [0.5, 0.6) is 0 Å². The Morgan fingerprint density at radius 1 is 1.30 bits per heavy atom. The van der Waals surface area contributed by atoms with E-state index < -0.39 is 5.97 Å². The summed E-state index contributed by atoms with van der Waals surface area (Å²) in [4.78, 5) is 21.4. The smallest absolute Gasteiger partial charge is 0.356 e. The van der Waals surface area contributed by atoms with Crippen LogP contribution in [0.1, 0.15) is 46.1 Å². The van der Waals surface area contributed by atoms with Crippen molar-refractivity contribution in [3.63, 3.8) is 0 Å². The van der Waals surface area contributed by atoms with Gasteiger partial charge in [-0.3, -0.25) is 9.88 Å². The van der Waals surface area contributed by atoms with Crippen LogP contribution in [0.25, 0.3) is 0 Å². The van der Waals surface area contributed by atoms with E-state index in [9.17, 15) is 4.79 Å². The van der Waals surface area contributed by atoms with E-state index in [0.29, 0.717) is 5.92 Å². The molecule has 0 aliphatic carbocycles. The second kappa shape index (κ2) is 6.87. The Kier molecular flexibility index (Phi) is 4.67. The van der Waals surface area contributed by atoms with Crippen LogP contribution in [0.2, 0.25) is 0 Å². The molecule has 120 valence electrons. The Hall–Kier alpha value is -2.27. The third-order valence-corrected chi connectivity index (χ3v) is 4.44. The maximum Gasteiger partial charge on any atom is 0.356 e. The molecule has 1 atom stereocenters. The van der Waals surface area contributed by atoms with Gasteiger partial charge in [0.2, 0.25) is 0 Å². The van der Waals surface area contributed by atoms with Crippen molar-refractivity contribution in [3.8, 4) is 0 Å². The van der Waals surface area contributed by atoms with Crippen molar-refractivity contribution in [1.82, 2.24) is 14.9 Å². The fraction of sp³-hybridized carbons (Fsp3) is 0.389. The van der Waals surface area contributed by atoms with Gasteiger partial charge < -0.3 is 5.11 Å². The lowest BCUT2D eigenvalue weighted by Gasteiger charge is -2.33. The van der Waals surface area contributed by atoms with Gasteiger partial charge in [-0.2, -0.15) is 0 Å². The number of piperidine rings is 1. The summed E-state index contributed by atoms with van der Waals surface area (Å²) in [5.41, 5.74) is 3.60. The van der Waals surface area contributed by atoms with E-state index in [1.54, 1.807) is 6.20 Å². The highest BCUT2D eigenvalue weighted by Crippen LogP contribution is 2.29. The van der Waals surface area contributed by atoms with Crippen LogP contribution < -0.4 is 0 Å². The number of aromatic carboxylic acids is 1. The Morgan fingerprint density at radius 2 is 2.13 bits per heavy atom. The minimum atomic E-state index is -1.04. The number of nitrogens with zero attached hydrogens (tertiary/aromatic N) is 3.